The SMILES string of the molecule is Cc1cc(S(=O)(=O)N2CCc3ccccc32)ccc1OCC(=O)Nc1cccc([N+](=O)[O-])c1. The van der Waals surface area contributed by atoms with Crippen LogP contribution in [0.2, 0.25) is 0 Å². The second-order valence-electron chi connectivity index (χ2n) is 7.53. The molecule has 1 N–H and O–H groups in total. The molecule has 1 aliphatic rings. The van der Waals surface area contributed by atoms with E-state index in [1.165, 1.54) is 46.8 Å². The Morgan fingerprint density at radius 2 is 1.91 bits per heavy atom. The lowest BCUT2D eigenvalue weighted by Gasteiger charge is -2.20. The molecule has 10 heteroatoms. The second-order valence-corrected chi connectivity index (χ2v) is 9.39. The number of fused-ring (bicyclic) bond motifs is 1. The number of anilines is 2. The molecule has 0 fully saturated rings. The van der Waals surface area contributed by atoms with E-state index in [4.69, 9.17) is 4.74 Å². The zero-order valence-electron chi connectivity index (χ0n) is 17.7. The maximum atomic E-state index is 13.2. The number of ether oxygens (including phenoxy) is 1. The number of hydrogen-bond donors (Lipinski definition) is 1. The van der Waals surface area contributed by atoms with Gasteiger partial charge in [-0.15, -0.1) is 0 Å². The summed E-state index contributed by atoms with van der Waals surface area (Å²) in [5.41, 5.74) is 2.39. The average molecular weight is 468 g/mol. The van der Waals surface area contributed by atoms with Crippen molar-refractivity contribution in [1.82, 2.24) is 0 Å². The molecule has 0 saturated heterocycles. The standard InChI is InChI=1S/C23H21N3O6S/c1-16-13-20(33(30,31)25-12-11-17-5-2-3-8-21(17)25)9-10-22(16)32-15-23(27)24-18-6-4-7-19(14-18)26(28)29/h2-10,13-14H,11-12,15H2,1H3,(H,24,27). The number of nitro groups is 1. The van der Waals surface area contributed by atoms with Crippen LogP contribution in [0.4, 0.5) is 17.1 Å². The van der Waals surface area contributed by atoms with Crippen molar-refractivity contribution in [2.24, 2.45) is 0 Å². The maximum absolute atomic E-state index is 13.2. The van der Waals surface area contributed by atoms with Crippen molar-refractivity contribution in [2.75, 3.05) is 22.8 Å². The fourth-order valence-electron chi connectivity index (χ4n) is 3.67. The van der Waals surface area contributed by atoms with Gasteiger partial charge in [0.05, 0.1) is 15.5 Å². The molecule has 4 rings (SSSR count). The quantitative estimate of drug-likeness (QED) is 0.418. The molecule has 1 aliphatic heterocycles. The van der Waals surface area contributed by atoms with Gasteiger partial charge in [0.25, 0.3) is 21.6 Å². The van der Waals surface area contributed by atoms with Gasteiger partial charge in [0.2, 0.25) is 0 Å². The largest absolute Gasteiger partial charge is 0.483 e. The summed E-state index contributed by atoms with van der Waals surface area (Å²) in [4.78, 5) is 22.6. The number of hydrogen-bond acceptors (Lipinski definition) is 6. The number of nitrogens with zero attached hydrogens (tertiary/aromatic N) is 2. The summed E-state index contributed by atoms with van der Waals surface area (Å²) < 4.78 is 33.3. The molecule has 0 spiro atoms. The fourth-order valence-corrected chi connectivity index (χ4v) is 5.26. The van der Waals surface area contributed by atoms with Crippen molar-refractivity contribution in [1.29, 1.82) is 0 Å². The number of benzene rings is 3. The van der Waals surface area contributed by atoms with E-state index in [0.29, 0.717) is 30.0 Å². The van der Waals surface area contributed by atoms with Crippen LogP contribution in [0, 0.1) is 17.0 Å². The number of sulfonamides is 1. The van der Waals surface area contributed by atoms with E-state index in [1.54, 1.807) is 13.0 Å². The summed E-state index contributed by atoms with van der Waals surface area (Å²) in [7, 11) is -3.73. The third-order valence-corrected chi connectivity index (χ3v) is 7.09. The van der Waals surface area contributed by atoms with Crippen LogP contribution in [0.15, 0.2) is 71.6 Å². The molecular weight excluding hydrogens is 446 g/mol. The van der Waals surface area contributed by atoms with Gasteiger partial charge < -0.3 is 10.1 Å². The summed E-state index contributed by atoms with van der Waals surface area (Å²) in [6.45, 7) is 1.75. The third kappa shape index (κ3) is 4.65. The monoisotopic (exact) mass is 467 g/mol. The first-order valence-electron chi connectivity index (χ1n) is 10.1. The Balaban J connectivity index is 1.43. The van der Waals surface area contributed by atoms with Gasteiger partial charge in [-0.1, -0.05) is 24.3 Å². The number of carbonyl (C=O) groups is 1. The number of non-ortho nitro benzene ring substituents is 1. The molecule has 0 bridgehead atoms. The fraction of sp³-hybridized carbons (Fsp3) is 0.174. The van der Waals surface area contributed by atoms with Gasteiger partial charge in [-0.25, -0.2) is 8.42 Å². The first-order valence-corrected chi connectivity index (χ1v) is 11.6. The Labute approximate surface area is 190 Å². The smallest absolute Gasteiger partial charge is 0.271 e. The number of para-hydroxylation sites is 1. The molecule has 33 heavy (non-hydrogen) atoms. The highest BCUT2D eigenvalue weighted by molar-refractivity contribution is 7.92. The molecule has 1 heterocycles. The van der Waals surface area contributed by atoms with E-state index >= 15 is 0 Å². The first kappa shape index (κ1) is 22.3. The average Bonchev–Trinajstić information content (AvgIpc) is 3.23. The number of aryl methyl sites for hydroxylation is 1. The number of carbonyl (C=O) groups excluding carboxylic acids is 1. The van der Waals surface area contributed by atoms with Crippen LogP contribution >= 0.6 is 0 Å². The van der Waals surface area contributed by atoms with Gasteiger partial charge in [0.1, 0.15) is 5.75 Å². The Morgan fingerprint density at radius 1 is 1.12 bits per heavy atom. The Bertz CT molecular complexity index is 1340. The second kappa shape index (κ2) is 8.91. The molecule has 0 atom stereocenters. The highest BCUT2D eigenvalue weighted by Gasteiger charge is 2.30. The number of rotatable bonds is 7. The van der Waals surface area contributed by atoms with Crippen LogP contribution in [-0.2, 0) is 21.2 Å². The molecule has 0 unspecified atom stereocenters. The Morgan fingerprint density at radius 3 is 2.67 bits per heavy atom. The lowest BCUT2D eigenvalue weighted by Crippen LogP contribution is -2.29. The third-order valence-electron chi connectivity index (χ3n) is 5.28. The van der Waals surface area contributed by atoms with E-state index in [2.05, 4.69) is 5.32 Å². The number of nitro benzene ring substituents is 1. The minimum Gasteiger partial charge on any atom is -0.483 e. The predicted octanol–water partition coefficient (Wildman–Crippen LogP) is 3.67. The van der Waals surface area contributed by atoms with E-state index < -0.39 is 20.9 Å². The predicted molar refractivity (Wildman–Crippen MR) is 123 cm³/mol. The molecule has 170 valence electrons. The van der Waals surface area contributed by atoms with Crippen molar-refractivity contribution < 1.29 is 22.9 Å². The van der Waals surface area contributed by atoms with E-state index in [9.17, 15) is 23.3 Å². The summed E-state index contributed by atoms with van der Waals surface area (Å²) in [5, 5.41) is 13.4. The summed E-state index contributed by atoms with van der Waals surface area (Å²) in [6, 6.07) is 17.5. The highest BCUT2D eigenvalue weighted by Crippen LogP contribution is 2.33. The van der Waals surface area contributed by atoms with Crippen molar-refractivity contribution in [3.8, 4) is 5.75 Å². The molecule has 3 aromatic carbocycles. The number of nitrogens with one attached hydrogen (secondary N) is 1. The zero-order valence-corrected chi connectivity index (χ0v) is 18.5. The molecule has 1 amide bonds. The van der Waals surface area contributed by atoms with Crippen LogP contribution in [0.1, 0.15) is 11.1 Å². The minimum atomic E-state index is -3.73. The molecular formula is C23H21N3O6S. The zero-order chi connectivity index (χ0) is 23.6. The Kier molecular flexibility index (Phi) is 6.01. The van der Waals surface area contributed by atoms with Gasteiger partial charge >= 0.3 is 0 Å². The van der Waals surface area contributed by atoms with Crippen LogP contribution in [0.5, 0.6) is 5.75 Å². The molecule has 3 aromatic rings. The van der Waals surface area contributed by atoms with Crippen molar-refractivity contribution >= 4 is 33.0 Å². The van der Waals surface area contributed by atoms with Crippen molar-refractivity contribution in [3.05, 3.63) is 88.0 Å². The maximum Gasteiger partial charge on any atom is 0.271 e. The molecule has 9 nitrogen and oxygen atoms in total. The van der Waals surface area contributed by atoms with E-state index in [0.717, 1.165) is 5.56 Å². The Hall–Kier alpha value is -3.92. The van der Waals surface area contributed by atoms with Gasteiger partial charge in [0.15, 0.2) is 6.61 Å². The van der Waals surface area contributed by atoms with Crippen molar-refractivity contribution in [3.63, 3.8) is 0 Å². The van der Waals surface area contributed by atoms with Gasteiger partial charge in [-0.05, 0) is 54.8 Å². The first-order chi connectivity index (χ1) is 15.8. The van der Waals surface area contributed by atoms with Crippen LogP contribution < -0.4 is 14.4 Å². The van der Waals surface area contributed by atoms with Gasteiger partial charge in [-0.3, -0.25) is 19.2 Å². The summed E-state index contributed by atoms with van der Waals surface area (Å²) in [5.74, 6) is -0.134. The van der Waals surface area contributed by atoms with Crippen LogP contribution in [0.3, 0.4) is 0 Å². The lowest BCUT2D eigenvalue weighted by atomic mass is 10.2. The highest BCUT2D eigenvalue weighted by atomic mass is 32.2. The van der Waals surface area contributed by atoms with Crippen LogP contribution in [0.25, 0.3) is 0 Å². The van der Waals surface area contributed by atoms with Crippen molar-refractivity contribution in [2.45, 2.75) is 18.2 Å². The molecule has 0 aromatic heterocycles. The van der Waals surface area contributed by atoms with Crippen LogP contribution in [-0.4, -0.2) is 32.4 Å². The summed E-state index contributed by atoms with van der Waals surface area (Å²) >= 11 is 0. The lowest BCUT2D eigenvalue weighted by molar-refractivity contribution is -0.384. The topological polar surface area (TPSA) is 119 Å². The molecule has 0 aliphatic carbocycles. The normalized spacial score (nSPS) is 12.8. The molecule has 0 radical (unpaired) electrons. The molecule has 0 saturated carbocycles. The minimum absolute atomic E-state index is 0.137. The van der Waals surface area contributed by atoms with Gasteiger partial charge in [0, 0.05) is 24.4 Å². The summed E-state index contributed by atoms with van der Waals surface area (Å²) in [6.07, 6.45) is 0.662. The van der Waals surface area contributed by atoms with Gasteiger partial charge in [-0.2, -0.15) is 0 Å². The van der Waals surface area contributed by atoms with E-state index in [1.807, 2.05) is 18.2 Å². The number of amides is 1. The van der Waals surface area contributed by atoms with E-state index in [-0.39, 0.29) is 22.9 Å².